The number of hydrogen-bond acceptors (Lipinski definition) is 3. The number of nitrogens with one attached hydrogen (secondary N) is 1. The van der Waals surface area contributed by atoms with Crippen LogP contribution in [-0.4, -0.2) is 16.5 Å². The maximum atomic E-state index is 3.95. The zero-order valence-corrected chi connectivity index (χ0v) is 5.33. The average Bonchev–Trinajstić information content (AvgIpc) is 1.91. The molecule has 48 valence electrons. The Balaban J connectivity index is 2.61. The first-order valence-electron chi connectivity index (χ1n) is 2.93. The fraction of sp³-hybridized carbons (Fsp3) is 0.333. The number of aromatic nitrogens is 2. The van der Waals surface area contributed by atoms with E-state index in [1.165, 1.54) is 6.33 Å². The van der Waals surface area contributed by atoms with E-state index in [1.54, 1.807) is 6.20 Å². The van der Waals surface area contributed by atoms with Gasteiger partial charge in [-0.1, -0.05) is 0 Å². The maximum absolute atomic E-state index is 3.95. The first kappa shape index (κ1) is 6.01. The molecule has 0 aliphatic carbocycles. The van der Waals surface area contributed by atoms with Crippen molar-refractivity contribution in [1.82, 2.24) is 9.97 Å². The van der Waals surface area contributed by atoms with Gasteiger partial charge in [0.1, 0.15) is 12.1 Å². The van der Waals surface area contributed by atoms with Gasteiger partial charge in [-0.05, 0) is 13.0 Å². The van der Waals surface area contributed by atoms with Crippen LogP contribution in [0.4, 0.5) is 5.82 Å². The molecule has 1 aromatic heterocycles. The summed E-state index contributed by atoms with van der Waals surface area (Å²) in [6, 6.07) is 1.84. The average molecular weight is 123 g/mol. The van der Waals surface area contributed by atoms with Crippen molar-refractivity contribution in [3.63, 3.8) is 0 Å². The molecule has 0 atom stereocenters. The molecule has 9 heavy (non-hydrogen) atoms. The van der Waals surface area contributed by atoms with Crippen LogP contribution in [0.3, 0.4) is 0 Å². The summed E-state index contributed by atoms with van der Waals surface area (Å²) in [5.41, 5.74) is 0. The lowest BCUT2D eigenvalue weighted by atomic mass is 10.6. The van der Waals surface area contributed by atoms with Crippen molar-refractivity contribution in [3.05, 3.63) is 18.6 Å². The fourth-order valence-electron chi connectivity index (χ4n) is 0.576. The van der Waals surface area contributed by atoms with Gasteiger partial charge in [0.2, 0.25) is 0 Å². The number of anilines is 1. The Labute approximate surface area is 54.2 Å². The number of hydrogen-bond donors (Lipinski definition) is 1. The van der Waals surface area contributed by atoms with E-state index in [-0.39, 0.29) is 0 Å². The molecule has 1 aromatic rings. The van der Waals surface area contributed by atoms with E-state index in [4.69, 9.17) is 0 Å². The predicted molar refractivity (Wildman–Crippen MR) is 36.2 cm³/mol. The summed E-state index contributed by atoms with van der Waals surface area (Å²) < 4.78 is 0. The highest BCUT2D eigenvalue weighted by molar-refractivity contribution is 5.30. The predicted octanol–water partition coefficient (Wildman–Crippen LogP) is 0.908. The van der Waals surface area contributed by atoms with Gasteiger partial charge >= 0.3 is 0 Å². The Morgan fingerprint density at radius 2 is 2.56 bits per heavy atom. The molecule has 3 heteroatoms. The SMILES string of the molecule is CCNc1ccncn1. The van der Waals surface area contributed by atoms with Gasteiger partial charge in [-0.2, -0.15) is 0 Å². The van der Waals surface area contributed by atoms with Crippen LogP contribution < -0.4 is 5.32 Å². The molecule has 0 saturated carbocycles. The van der Waals surface area contributed by atoms with Gasteiger partial charge in [-0.3, -0.25) is 0 Å². The molecule has 0 spiro atoms. The monoisotopic (exact) mass is 123 g/mol. The van der Waals surface area contributed by atoms with E-state index < -0.39 is 0 Å². The number of rotatable bonds is 2. The van der Waals surface area contributed by atoms with Gasteiger partial charge < -0.3 is 5.32 Å². The Morgan fingerprint density at radius 3 is 3.11 bits per heavy atom. The van der Waals surface area contributed by atoms with Crippen molar-refractivity contribution in [2.24, 2.45) is 0 Å². The summed E-state index contributed by atoms with van der Waals surface area (Å²) in [6.45, 7) is 2.93. The molecule has 0 aliphatic heterocycles. The zero-order valence-electron chi connectivity index (χ0n) is 5.33. The van der Waals surface area contributed by atoms with Crippen LogP contribution in [0.15, 0.2) is 18.6 Å². The third-order valence-corrected chi connectivity index (χ3v) is 0.940. The van der Waals surface area contributed by atoms with E-state index in [9.17, 15) is 0 Å². The molecule has 0 bridgehead atoms. The lowest BCUT2D eigenvalue weighted by molar-refractivity contribution is 1.11. The molecule has 0 unspecified atom stereocenters. The highest BCUT2D eigenvalue weighted by Crippen LogP contribution is 1.95. The molecule has 3 nitrogen and oxygen atoms in total. The van der Waals surface area contributed by atoms with E-state index in [0.29, 0.717) is 0 Å². The summed E-state index contributed by atoms with van der Waals surface area (Å²) in [4.78, 5) is 7.72. The third kappa shape index (κ3) is 1.68. The van der Waals surface area contributed by atoms with Gasteiger partial charge in [-0.15, -0.1) is 0 Å². The van der Waals surface area contributed by atoms with E-state index in [1.807, 2.05) is 13.0 Å². The molecule has 0 aliphatic rings. The first-order valence-corrected chi connectivity index (χ1v) is 2.93. The zero-order chi connectivity index (χ0) is 6.53. The second-order valence-corrected chi connectivity index (χ2v) is 1.62. The molecular formula is C6H9N3. The van der Waals surface area contributed by atoms with Crippen molar-refractivity contribution >= 4 is 5.82 Å². The molecule has 0 radical (unpaired) electrons. The maximum Gasteiger partial charge on any atom is 0.129 e. The van der Waals surface area contributed by atoms with Crippen LogP contribution in [0.5, 0.6) is 0 Å². The summed E-state index contributed by atoms with van der Waals surface area (Å²) in [7, 11) is 0. The van der Waals surface area contributed by atoms with E-state index in [0.717, 1.165) is 12.4 Å². The van der Waals surface area contributed by atoms with Crippen LogP contribution in [0.1, 0.15) is 6.92 Å². The van der Waals surface area contributed by atoms with Crippen molar-refractivity contribution in [2.75, 3.05) is 11.9 Å². The second kappa shape index (κ2) is 3.02. The third-order valence-electron chi connectivity index (χ3n) is 0.940. The van der Waals surface area contributed by atoms with Gasteiger partial charge in [0, 0.05) is 12.7 Å². The summed E-state index contributed by atoms with van der Waals surface area (Å²) in [5, 5.41) is 3.06. The van der Waals surface area contributed by atoms with Gasteiger partial charge in [0.15, 0.2) is 0 Å². The fourth-order valence-corrected chi connectivity index (χ4v) is 0.576. The van der Waals surface area contributed by atoms with Crippen molar-refractivity contribution < 1.29 is 0 Å². The highest BCUT2D eigenvalue weighted by Gasteiger charge is 1.84. The van der Waals surface area contributed by atoms with E-state index >= 15 is 0 Å². The molecule has 1 heterocycles. The Hall–Kier alpha value is -1.12. The minimum Gasteiger partial charge on any atom is -0.370 e. The summed E-state index contributed by atoms with van der Waals surface area (Å²) >= 11 is 0. The number of nitrogens with zero attached hydrogens (tertiary/aromatic N) is 2. The first-order chi connectivity index (χ1) is 4.43. The topological polar surface area (TPSA) is 37.8 Å². The Kier molecular flexibility index (Phi) is 2.01. The molecule has 0 fully saturated rings. The minimum absolute atomic E-state index is 0.882. The standard InChI is InChI=1S/C6H9N3/c1-2-8-6-3-4-7-5-9-6/h3-5H,2H2,1H3,(H,7,8,9). The molecule has 0 aromatic carbocycles. The molecule has 1 rings (SSSR count). The van der Waals surface area contributed by atoms with Crippen molar-refractivity contribution in [3.8, 4) is 0 Å². The van der Waals surface area contributed by atoms with Gasteiger partial charge in [-0.25, -0.2) is 9.97 Å². The van der Waals surface area contributed by atoms with Crippen molar-refractivity contribution in [1.29, 1.82) is 0 Å². The second-order valence-electron chi connectivity index (χ2n) is 1.62. The van der Waals surface area contributed by atoms with Crippen molar-refractivity contribution in [2.45, 2.75) is 6.92 Å². The smallest absolute Gasteiger partial charge is 0.129 e. The normalized spacial score (nSPS) is 9.00. The minimum atomic E-state index is 0.882. The molecular weight excluding hydrogens is 114 g/mol. The highest BCUT2D eigenvalue weighted by atomic mass is 15.0. The largest absolute Gasteiger partial charge is 0.370 e. The lowest BCUT2D eigenvalue weighted by Gasteiger charge is -1.97. The van der Waals surface area contributed by atoms with Crippen LogP contribution in [0.25, 0.3) is 0 Å². The van der Waals surface area contributed by atoms with Crippen LogP contribution in [-0.2, 0) is 0 Å². The van der Waals surface area contributed by atoms with Crippen LogP contribution >= 0.6 is 0 Å². The molecule has 1 N–H and O–H groups in total. The van der Waals surface area contributed by atoms with Crippen LogP contribution in [0.2, 0.25) is 0 Å². The summed E-state index contributed by atoms with van der Waals surface area (Å²) in [6.07, 6.45) is 3.24. The molecule has 0 saturated heterocycles. The lowest BCUT2D eigenvalue weighted by Crippen LogP contribution is -1.97. The Bertz CT molecular complexity index is 161. The van der Waals surface area contributed by atoms with Crippen LogP contribution in [0, 0.1) is 0 Å². The van der Waals surface area contributed by atoms with E-state index in [2.05, 4.69) is 15.3 Å². The summed E-state index contributed by atoms with van der Waals surface area (Å²) in [5.74, 6) is 0.882. The Morgan fingerprint density at radius 1 is 1.67 bits per heavy atom. The van der Waals surface area contributed by atoms with Gasteiger partial charge in [0.25, 0.3) is 0 Å². The van der Waals surface area contributed by atoms with Gasteiger partial charge in [0.05, 0.1) is 0 Å². The quantitative estimate of drug-likeness (QED) is 0.635. The molecule has 0 amide bonds.